The van der Waals surface area contributed by atoms with Crippen molar-refractivity contribution in [3.05, 3.63) is 22.0 Å². The van der Waals surface area contributed by atoms with E-state index in [1.165, 1.54) is 12.8 Å². The van der Waals surface area contributed by atoms with Crippen LogP contribution in [0, 0.1) is 52.3 Å². The summed E-state index contributed by atoms with van der Waals surface area (Å²) in [5.41, 5.74) is 3.10. The summed E-state index contributed by atoms with van der Waals surface area (Å²) >= 11 is 4.57. The van der Waals surface area contributed by atoms with Gasteiger partial charge in [0.25, 0.3) is 0 Å². The fraction of sp³-hybridized carbons (Fsp3) is 0.867. The van der Waals surface area contributed by atoms with E-state index in [2.05, 4.69) is 97.2 Å². The molecule has 0 aromatic heterocycles. The minimum absolute atomic E-state index is 0.537. The van der Waals surface area contributed by atoms with Crippen molar-refractivity contribution in [2.45, 2.75) is 109 Å². The smallest absolute Gasteiger partial charge is 0.0566 e. The van der Waals surface area contributed by atoms with Crippen LogP contribution in [0.2, 0.25) is 24.2 Å². The molecular weight excluding hydrogens is 453 g/mol. The van der Waals surface area contributed by atoms with E-state index in [9.17, 15) is 0 Å². The van der Waals surface area contributed by atoms with Crippen LogP contribution in [0.5, 0.6) is 0 Å². The Balaban J connectivity index is 1.33. The average molecular weight is 501 g/mol. The van der Waals surface area contributed by atoms with E-state index in [-0.39, 0.29) is 0 Å². The zero-order valence-electron chi connectivity index (χ0n) is 22.7. The Morgan fingerprint density at radius 3 is 1.85 bits per heavy atom. The molecule has 3 heteroatoms. The van der Waals surface area contributed by atoms with Crippen LogP contribution in [0.25, 0.3) is 0 Å². The molecule has 0 saturated heterocycles. The average Bonchev–Trinajstić information content (AvgIpc) is 3.40. The number of rotatable bonds is 2. The molecule has 2 heterocycles. The van der Waals surface area contributed by atoms with Crippen LogP contribution < -0.4 is 0 Å². The lowest BCUT2D eigenvalue weighted by atomic mass is 9.63. The van der Waals surface area contributed by atoms with Crippen LogP contribution in [0.1, 0.15) is 74.1 Å². The van der Waals surface area contributed by atoms with Gasteiger partial charge < -0.3 is 0 Å². The summed E-state index contributed by atoms with van der Waals surface area (Å²) in [4.78, 5) is 3.24. The van der Waals surface area contributed by atoms with Gasteiger partial charge in [0.2, 0.25) is 0 Å². The molecule has 0 spiro atoms. The van der Waals surface area contributed by atoms with Gasteiger partial charge in [0.1, 0.15) is 0 Å². The van der Waals surface area contributed by atoms with Crippen LogP contribution in [0.15, 0.2) is 22.0 Å². The molecule has 0 radical (unpaired) electrons. The van der Waals surface area contributed by atoms with Gasteiger partial charge >= 0.3 is 0 Å². The molecule has 0 amide bonds. The van der Waals surface area contributed by atoms with Crippen molar-refractivity contribution in [2.75, 3.05) is 0 Å². The highest BCUT2D eigenvalue weighted by molar-refractivity contribution is 8.05. The maximum absolute atomic E-state index is 2.87. The Bertz CT molecular complexity index is 865. The van der Waals surface area contributed by atoms with Crippen molar-refractivity contribution in [3.8, 4) is 0 Å². The van der Waals surface area contributed by atoms with Gasteiger partial charge in [0, 0.05) is 10.5 Å². The first kappa shape index (κ1) is 23.8. The minimum Gasteiger partial charge on any atom is -0.127 e. The van der Waals surface area contributed by atoms with Gasteiger partial charge in [0.15, 0.2) is 0 Å². The maximum atomic E-state index is 2.87. The van der Waals surface area contributed by atoms with Crippen molar-refractivity contribution >= 4 is 31.6 Å². The highest BCUT2D eigenvalue weighted by atomic mass is 32.2. The summed E-state index contributed by atoms with van der Waals surface area (Å²) in [6.07, 6.45) is 11.4. The van der Waals surface area contributed by atoms with Crippen LogP contribution in [0.3, 0.4) is 0 Å². The molecule has 0 aromatic rings. The van der Waals surface area contributed by atoms with Gasteiger partial charge in [-0.15, -0.1) is 23.5 Å². The molecule has 10 atom stereocenters. The number of fused-ring (bicyclic) bond motifs is 5. The Kier molecular flexibility index (Phi) is 5.38. The first-order valence-corrected chi connectivity index (χ1v) is 18.9. The zero-order chi connectivity index (χ0) is 23.7. The number of hydrogen-bond donors (Lipinski definition) is 0. The Morgan fingerprint density at radius 2 is 1.30 bits per heavy atom. The molecule has 10 unspecified atom stereocenters. The highest BCUT2D eigenvalue weighted by Crippen LogP contribution is 2.71. The van der Waals surface area contributed by atoms with Crippen LogP contribution in [0.4, 0.5) is 0 Å². The monoisotopic (exact) mass is 500 g/mol. The fourth-order valence-corrected chi connectivity index (χ4v) is 22.6. The molecule has 184 valence electrons. The molecule has 0 bridgehead atoms. The van der Waals surface area contributed by atoms with Crippen molar-refractivity contribution < 1.29 is 0 Å². The van der Waals surface area contributed by atoms with Gasteiger partial charge in [-0.05, 0) is 113 Å². The largest absolute Gasteiger partial charge is 0.127 e. The molecule has 4 fully saturated rings. The molecule has 4 aliphatic carbocycles. The molecule has 0 nitrogen and oxygen atoms in total. The standard InChI is InChI=1S/C30H48S2Si/c1-16-10-19-13-23-24(30(6,7)15-29(23,4)5)14-20(19)27(16)33(8,9)28-25-21(11-17(2)31-25)22-12-18(3)32-26(22)28/h11-12,16,19-28H,10,13-15H2,1-9H3. The normalized spacial score (nSPS) is 51.6. The summed E-state index contributed by atoms with van der Waals surface area (Å²) in [5.74, 6) is 6.56. The van der Waals surface area contributed by atoms with Gasteiger partial charge in [-0.3, -0.25) is 0 Å². The van der Waals surface area contributed by atoms with E-state index < -0.39 is 8.07 Å². The summed E-state index contributed by atoms with van der Waals surface area (Å²) in [6.45, 7) is 23.7. The van der Waals surface area contributed by atoms with E-state index in [1.807, 2.05) is 0 Å². The van der Waals surface area contributed by atoms with Crippen LogP contribution in [-0.2, 0) is 0 Å². The van der Waals surface area contributed by atoms with E-state index in [0.717, 1.165) is 63.0 Å². The van der Waals surface area contributed by atoms with E-state index >= 15 is 0 Å². The lowest BCUT2D eigenvalue weighted by Gasteiger charge is -2.49. The lowest BCUT2D eigenvalue weighted by molar-refractivity contribution is 0.0673. The Morgan fingerprint density at radius 1 is 0.788 bits per heavy atom. The topological polar surface area (TPSA) is 0 Å². The van der Waals surface area contributed by atoms with Crippen LogP contribution >= 0.6 is 23.5 Å². The summed E-state index contributed by atoms with van der Waals surface area (Å²) in [6, 6.07) is 0. The number of allylic oxidation sites excluding steroid dienone is 4. The van der Waals surface area contributed by atoms with Crippen molar-refractivity contribution in [1.82, 2.24) is 0 Å². The summed E-state index contributed by atoms with van der Waals surface area (Å²) in [7, 11) is -1.47. The number of thioether (sulfide) groups is 2. The first-order chi connectivity index (χ1) is 15.3. The summed E-state index contributed by atoms with van der Waals surface area (Å²) < 4.78 is 0. The third kappa shape index (κ3) is 3.36. The molecule has 0 aromatic carbocycles. The summed E-state index contributed by atoms with van der Waals surface area (Å²) in [5, 5.41) is 1.76. The third-order valence-corrected chi connectivity index (χ3v) is 20.4. The van der Waals surface area contributed by atoms with Gasteiger partial charge in [-0.2, -0.15) is 0 Å². The highest BCUT2D eigenvalue weighted by Gasteiger charge is 2.65. The molecule has 2 aliphatic heterocycles. The molecule has 6 rings (SSSR count). The first-order valence-electron chi connectivity index (χ1n) is 14.0. The van der Waals surface area contributed by atoms with E-state index in [0.29, 0.717) is 10.8 Å². The molecule has 6 aliphatic rings. The second-order valence-electron chi connectivity index (χ2n) is 15.2. The molecule has 0 N–H and O–H groups in total. The Labute approximate surface area is 214 Å². The van der Waals surface area contributed by atoms with Crippen molar-refractivity contribution in [3.63, 3.8) is 0 Å². The lowest BCUT2D eigenvalue weighted by Crippen LogP contribution is -2.49. The van der Waals surface area contributed by atoms with Gasteiger partial charge in [-0.25, -0.2) is 0 Å². The second kappa shape index (κ2) is 7.47. The van der Waals surface area contributed by atoms with Crippen LogP contribution in [-0.4, -0.2) is 18.6 Å². The van der Waals surface area contributed by atoms with E-state index in [4.69, 9.17) is 0 Å². The van der Waals surface area contributed by atoms with Crippen molar-refractivity contribution in [1.29, 1.82) is 0 Å². The maximum Gasteiger partial charge on any atom is 0.0566 e. The predicted octanol–water partition coefficient (Wildman–Crippen LogP) is 9.47. The van der Waals surface area contributed by atoms with E-state index in [1.54, 1.807) is 22.7 Å². The van der Waals surface area contributed by atoms with Gasteiger partial charge in [0.05, 0.1) is 8.07 Å². The number of hydrogen-bond acceptors (Lipinski definition) is 2. The SMILES string of the molecule is CC1=CC2C3C=C(C)SC3C([Si](C)(C)C3C(C)CC4CC5C(CC43)C(C)(C)CC5(C)C)C2S1. The molecule has 33 heavy (non-hydrogen) atoms. The quantitative estimate of drug-likeness (QED) is 0.346. The second-order valence-corrected chi connectivity index (χ2v) is 23.0. The van der Waals surface area contributed by atoms with Crippen molar-refractivity contribution in [2.24, 2.45) is 52.3 Å². The Hall–Kier alpha value is 0.397. The van der Waals surface area contributed by atoms with Gasteiger partial charge in [-0.1, -0.05) is 59.9 Å². The fourth-order valence-electron chi connectivity index (χ4n) is 11.5. The zero-order valence-corrected chi connectivity index (χ0v) is 25.3. The minimum atomic E-state index is -1.47. The molecule has 4 saturated carbocycles. The predicted molar refractivity (Wildman–Crippen MR) is 151 cm³/mol. The molecular formula is C30H48S2Si. The third-order valence-electron chi connectivity index (χ3n) is 12.0.